The van der Waals surface area contributed by atoms with Gasteiger partial charge in [-0.2, -0.15) is 13.5 Å². The molecule has 0 radical (unpaired) electrons. The number of sulfonamides is 1. The van der Waals surface area contributed by atoms with Crippen LogP contribution in [0.15, 0.2) is 17.2 Å². The normalized spacial score (nSPS) is 18.5. The van der Waals surface area contributed by atoms with Crippen LogP contribution < -0.4 is 10.0 Å². The van der Waals surface area contributed by atoms with E-state index in [1.165, 1.54) is 11.1 Å². The quantitative estimate of drug-likeness (QED) is 0.672. The second kappa shape index (κ2) is 7.84. The lowest BCUT2D eigenvalue weighted by Gasteiger charge is -2.25. The van der Waals surface area contributed by atoms with Crippen LogP contribution in [0.1, 0.15) is 73.5 Å². The second-order valence-electron chi connectivity index (χ2n) is 10.1. The van der Waals surface area contributed by atoms with E-state index in [-0.39, 0.29) is 16.6 Å². The average Bonchev–Trinajstić information content (AvgIpc) is 3.12. The fourth-order valence-electron chi connectivity index (χ4n) is 5.58. The summed E-state index contributed by atoms with van der Waals surface area (Å²) in [6.07, 6.45) is 7.90. The number of hydrogen-bond donors (Lipinski definition) is 2. The lowest BCUT2D eigenvalue weighted by atomic mass is 9.99. The van der Waals surface area contributed by atoms with Gasteiger partial charge in [-0.25, -0.2) is 9.52 Å². The first-order chi connectivity index (χ1) is 15.6. The molecule has 33 heavy (non-hydrogen) atoms. The van der Waals surface area contributed by atoms with Crippen molar-refractivity contribution in [1.29, 1.82) is 0 Å². The van der Waals surface area contributed by atoms with Gasteiger partial charge in [0.25, 0.3) is 10.0 Å². The fourth-order valence-corrected chi connectivity index (χ4v) is 6.44. The van der Waals surface area contributed by atoms with Gasteiger partial charge in [0.15, 0.2) is 5.03 Å². The average molecular weight is 472 g/mol. The van der Waals surface area contributed by atoms with Gasteiger partial charge in [-0.05, 0) is 102 Å². The van der Waals surface area contributed by atoms with Gasteiger partial charge in [0, 0.05) is 17.8 Å². The highest BCUT2D eigenvalue weighted by Gasteiger charge is 2.50. The Morgan fingerprint density at radius 2 is 1.67 bits per heavy atom. The number of benzene rings is 1. The number of anilines is 1. The molecule has 2 amide bonds. The smallest absolute Gasteiger partial charge is 0.307 e. The summed E-state index contributed by atoms with van der Waals surface area (Å²) in [6, 6.07) is 3.19. The van der Waals surface area contributed by atoms with Gasteiger partial charge in [-0.3, -0.25) is 9.58 Å². The van der Waals surface area contributed by atoms with Gasteiger partial charge in [0.05, 0.1) is 11.2 Å². The maximum Gasteiger partial charge on any atom is 0.333 e. The highest BCUT2D eigenvalue weighted by molar-refractivity contribution is 7.90. The molecular formula is C24H33N5O3S. The van der Waals surface area contributed by atoms with E-state index >= 15 is 0 Å². The van der Waals surface area contributed by atoms with Crippen LogP contribution in [0.5, 0.6) is 0 Å². The first-order valence-electron chi connectivity index (χ1n) is 11.9. The third kappa shape index (κ3) is 3.75. The maximum atomic E-state index is 13.1. The summed E-state index contributed by atoms with van der Waals surface area (Å²) < 4.78 is 30.3. The van der Waals surface area contributed by atoms with Gasteiger partial charge in [0.2, 0.25) is 0 Å². The molecule has 5 rings (SSSR count). The number of fused-ring (bicyclic) bond motifs is 2. The van der Waals surface area contributed by atoms with Gasteiger partial charge in [-0.15, -0.1) is 0 Å². The molecule has 0 unspecified atom stereocenters. The molecule has 0 saturated heterocycles. The van der Waals surface area contributed by atoms with Gasteiger partial charge < -0.3 is 5.32 Å². The lowest BCUT2D eigenvalue weighted by molar-refractivity contribution is 0.254. The molecule has 1 aromatic carbocycles. The van der Waals surface area contributed by atoms with Crippen LogP contribution in [-0.2, 0) is 41.2 Å². The highest BCUT2D eigenvalue weighted by Crippen LogP contribution is 2.50. The van der Waals surface area contributed by atoms with Gasteiger partial charge in [0.1, 0.15) is 0 Å². The van der Waals surface area contributed by atoms with Crippen molar-refractivity contribution >= 4 is 21.7 Å². The standard InChI is InChI=1S/C24H33N5O3S/c1-15(2)29-20(24(11-12-24)28(3)4)14-21(26-29)33(31,32)27-23(30)25-22-18-9-5-7-16(18)13-17-8-6-10-19(17)22/h13-15H,5-12H2,1-4H3,(H2,25,27,30). The number of aryl methyl sites for hydroxylation is 2. The molecule has 1 saturated carbocycles. The van der Waals surface area contributed by atoms with Crippen molar-refractivity contribution in [2.24, 2.45) is 0 Å². The molecular weight excluding hydrogens is 438 g/mol. The molecule has 1 fully saturated rings. The minimum Gasteiger partial charge on any atom is -0.307 e. The summed E-state index contributed by atoms with van der Waals surface area (Å²) in [5, 5.41) is 7.19. The summed E-state index contributed by atoms with van der Waals surface area (Å²) >= 11 is 0. The zero-order valence-electron chi connectivity index (χ0n) is 19.9. The van der Waals surface area contributed by atoms with E-state index in [0.29, 0.717) is 0 Å². The predicted molar refractivity (Wildman–Crippen MR) is 127 cm³/mol. The predicted octanol–water partition coefficient (Wildman–Crippen LogP) is 3.50. The van der Waals surface area contributed by atoms with Crippen molar-refractivity contribution in [2.45, 2.75) is 81.8 Å². The van der Waals surface area contributed by atoms with Crippen LogP contribution in [0.4, 0.5) is 10.5 Å². The summed E-state index contributed by atoms with van der Waals surface area (Å²) in [5.74, 6) is 0. The molecule has 8 nitrogen and oxygen atoms in total. The van der Waals surface area contributed by atoms with Crippen molar-refractivity contribution in [3.05, 3.63) is 40.1 Å². The summed E-state index contributed by atoms with van der Waals surface area (Å²) in [6.45, 7) is 3.96. The Kier molecular flexibility index (Phi) is 5.32. The Morgan fingerprint density at radius 3 is 2.18 bits per heavy atom. The Bertz CT molecular complexity index is 1190. The van der Waals surface area contributed by atoms with E-state index in [0.717, 1.165) is 73.9 Å². The zero-order valence-corrected chi connectivity index (χ0v) is 20.7. The number of aromatic nitrogens is 2. The Hall–Kier alpha value is -2.39. The topological polar surface area (TPSA) is 96.3 Å². The zero-order chi connectivity index (χ0) is 23.5. The molecule has 2 aromatic rings. The van der Waals surface area contributed by atoms with E-state index < -0.39 is 16.1 Å². The second-order valence-corrected chi connectivity index (χ2v) is 11.8. The number of carbonyl (C=O) groups is 1. The monoisotopic (exact) mass is 471 g/mol. The third-order valence-corrected chi connectivity index (χ3v) is 8.68. The first-order valence-corrected chi connectivity index (χ1v) is 13.4. The molecule has 0 atom stereocenters. The lowest BCUT2D eigenvalue weighted by Crippen LogP contribution is -2.35. The number of hydrogen-bond acceptors (Lipinski definition) is 5. The molecule has 3 aliphatic carbocycles. The molecule has 2 N–H and O–H groups in total. The van der Waals surface area contributed by atoms with Crippen LogP contribution in [0.2, 0.25) is 0 Å². The maximum absolute atomic E-state index is 13.1. The molecule has 1 aromatic heterocycles. The first kappa shape index (κ1) is 22.4. The van der Waals surface area contributed by atoms with Crippen LogP contribution in [0.3, 0.4) is 0 Å². The van der Waals surface area contributed by atoms with Crippen LogP contribution in [-0.4, -0.2) is 43.2 Å². The molecule has 9 heteroatoms. The summed E-state index contributed by atoms with van der Waals surface area (Å²) in [7, 11) is -0.111. The van der Waals surface area contributed by atoms with Crippen molar-refractivity contribution in [3.63, 3.8) is 0 Å². The minimum atomic E-state index is -4.11. The minimum absolute atomic E-state index is 0.00435. The Balaban J connectivity index is 1.42. The fraction of sp³-hybridized carbons (Fsp3) is 0.583. The molecule has 1 heterocycles. The van der Waals surface area contributed by atoms with E-state index in [4.69, 9.17) is 0 Å². The molecule has 0 bridgehead atoms. The number of urea groups is 1. The summed E-state index contributed by atoms with van der Waals surface area (Å²) in [4.78, 5) is 15.0. The van der Waals surface area contributed by atoms with Gasteiger partial charge in [-0.1, -0.05) is 6.07 Å². The molecule has 178 valence electrons. The Labute approximate surface area is 195 Å². The largest absolute Gasteiger partial charge is 0.333 e. The molecule has 3 aliphatic rings. The van der Waals surface area contributed by atoms with E-state index in [1.54, 1.807) is 10.7 Å². The van der Waals surface area contributed by atoms with Crippen molar-refractivity contribution < 1.29 is 13.2 Å². The van der Waals surface area contributed by atoms with Crippen molar-refractivity contribution in [3.8, 4) is 0 Å². The molecule has 0 spiro atoms. The SMILES string of the molecule is CC(C)n1nc(S(=O)(=O)NC(=O)Nc2c3c(cc4c2CCC4)CCC3)cc1C1(N(C)C)CC1. The number of nitrogens with zero attached hydrogens (tertiary/aromatic N) is 3. The van der Waals surface area contributed by atoms with Crippen molar-refractivity contribution in [1.82, 2.24) is 19.4 Å². The van der Waals surface area contributed by atoms with Crippen LogP contribution in [0.25, 0.3) is 0 Å². The van der Waals surface area contributed by atoms with Crippen LogP contribution >= 0.6 is 0 Å². The Morgan fingerprint density at radius 1 is 1.06 bits per heavy atom. The number of amides is 2. The van der Waals surface area contributed by atoms with Gasteiger partial charge >= 0.3 is 6.03 Å². The third-order valence-electron chi connectivity index (χ3n) is 7.47. The number of rotatable bonds is 6. The number of nitrogens with one attached hydrogen (secondary N) is 2. The van der Waals surface area contributed by atoms with Crippen molar-refractivity contribution in [2.75, 3.05) is 19.4 Å². The van der Waals surface area contributed by atoms with E-state index in [1.807, 2.05) is 27.9 Å². The van der Waals surface area contributed by atoms with E-state index in [2.05, 4.69) is 26.1 Å². The van der Waals surface area contributed by atoms with E-state index in [9.17, 15) is 13.2 Å². The molecule has 0 aliphatic heterocycles. The van der Waals surface area contributed by atoms with Crippen LogP contribution in [0, 0.1) is 0 Å². The highest BCUT2D eigenvalue weighted by atomic mass is 32.2. The number of carbonyl (C=O) groups excluding carboxylic acids is 1. The summed E-state index contributed by atoms with van der Waals surface area (Å²) in [5.41, 5.74) is 6.40.